The van der Waals surface area contributed by atoms with Crippen LogP contribution in [0.5, 0.6) is 11.5 Å². The molecule has 4 rings (SSSR count). The minimum absolute atomic E-state index is 0.0653. The Hall–Kier alpha value is -3.80. The molecule has 0 aromatic heterocycles. The Bertz CT molecular complexity index is 1130. The van der Waals surface area contributed by atoms with Gasteiger partial charge in [0.25, 0.3) is 0 Å². The van der Waals surface area contributed by atoms with Crippen LogP contribution >= 0.6 is 0 Å². The Morgan fingerprint density at radius 3 is 1.37 bits per heavy atom. The van der Waals surface area contributed by atoms with E-state index in [9.17, 15) is 19.8 Å². The molecule has 0 spiro atoms. The summed E-state index contributed by atoms with van der Waals surface area (Å²) in [7, 11) is 2.87. The lowest BCUT2D eigenvalue weighted by Gasteiger charge is -2.24. The van der Waals surface area contributed by atoms with Gasteiger partial charge in [-0.15, -0.1) is 0 Å². The van der Waals surface area contributed by atoms with E-state index in [1.807, 2.05) is 0 Å². The van der Waals surface area contributed by atoms with Crippen molar-refractivity contribution in [1.29, 1.82) is 0 Å². The van der Waals surface area contributed by atoms with Gasteiger partial charge in [0.05, 0.1) is 25.3 Å². The number of hydrogen-bond acceptors (Lipinski definition) is 6. The first-order valence-electron chi connectivity index (χ1n) is 9.29. The molecule has 6 heteroatoms. The number of ketones is 2. The molecule has 0 aliphatic heterocycles. The zero-order chi connectivity index (χ0) is 21.7. The van der Waals surface area contributed by atoms with Gasteiger partial charge in [0, 0.05) is 22.3 Å². The molecule has 0 fully saturated rings. The summed E-state index contributed by atoms with van der Waals surface area (Å²) >= 11 is 0. The summed E-state index contributed by atoms with van der Waals surface area (Å²) < 4.78 is 10.8. The van der Waals surface area contributed by atoms with E-state index >= 15 is 0 Å². The Kier molecular flexibility index (Phi) is 4.50. The third-order valence-corrected chi connectivity index (χ3v) is 5.28. The summed E-state index contributed by atoms with van der Waals surface area (Å²) in [4.78, 5) is 26.7. The number of Topliss-reactive ketones (excluding diaryl/α,β-unsaturated/α-hetero) is 2. The van der Waals surface area contributed by atoms with E-state index in [0.29, 0.717) is 22.3 Å². The van der Waals surface area contributed by atoms with Crippen molar-refractivity contribution in [3.05, 3.63) is 80.9 Å². The number of phenolic OH excluding ortho intramolecular Hbond substituents is 2. The van der Waals surface area contributed by atoms with Crippen LogP contribution in [0.1, 0.15) is 43.0 Å². The van der Waals surface area contributed by atoms with Gasteiger partial charge in [0.2, 0.25) is 0 Å². The first kappa shape index (κ1) is 19.5. The van der Waals surface area contributed by atoms with Crippen LogP contribution in [0.15, 0.2) is 47.6 Å². The number of hydrogen-bond donors (Lipinski definition) is 2. The van der Waals surface area contributed by atoms with Gasteiger partial charge in [-0.3, -0.25) is 9.59 Å². The van der Waals surface area contributed by atoms with Gasteiger partial charge < -0.3 is 19.7 Å². The van der Waals surface area contributed by atoms with E-state index < -0.39 is 11.6 Å². The van der Waals surface area contributed by atoms with Gasteiger partial charge in [-0.1, -0.05) is 0 Å². The van der Waals surface area contributed by atoms with Gasteiger partial charge in [-0.25, -0.2) is 0 Å². The SMILES string of the molecule is COC1=CC(=C2C=C(OC)c3c(O)cc(C)cc3C2=O)C(=O)c2cc(C)cc(O)c21. The predicted molar refractivity (Wildman–Crippen MR) is 111 cm³/mol. The van der Waals surface area contributed by atoms with Crippen LogP contribution < -0.4 is 0 Å². The Morgan fingerprint density at radius 2 is 1.03 bits per heavy atom. The number of fused-ring (bicyclic) bond motifs is 2. The van der Waals surface area contributed by atoms with Gasteiger partial charge >= 0.3 is 0 Å². The van der Waals surface area contributed by atoms with E-state index in [-0.39, 0.29) is 45.3 Å². The van der Waals surface area contributed by atoms with Crippen molar-refractivity contribution in [3.63, 3.8) is 0 Å². The highest BCUT2D eigenvalue weighted by molar-refractivity contribution is 6.26. The molecule has 2 aliphatic carbocycles. The standard InChI is InChI=1S/C24H20O6/c1-11-5-15-21(17(25)7-11)19(29-3)9-13(23(15)27)14-10-20(30-4)22-16(24(14)28)6-12(2)8-18(22)26/h5-10,25-26H,1-4H3. The van der Waals surface area contributed by atoms with Crippen LogP contribution in [0, 0.1) is 13.8 Å². The molecule has 2 aromatic carbocycles. The fourth-order valence-corrected chi connectivity index (χ4v) is 3.96. The van der Waals surface area contributed by atoms with Crippen LogP contribution in [0.3, 0.4) is 0 Å². The second-order valence-corrected chi connectivity index (χ2v) is 7.32. The number of methoxy groups -OCH3 is 2. The van der Waals surface area contributed by atoms with Gasteiger partial charge in [-0.05, 0) is 61.4 Å². The summed E-state index contributed by atoms with van der Waals surface area (Å²) in [5.74, 6) is -0.375. The highest BCUT2D eigenvalue weighted by atomic mass is 16.5. The topological polar surface area (TPSA) is 93.1 Å². The minimum atomic E-state index is -0.403. The lowest BCUT2D eigenvalue weighted by Crippen LogP contribution is -2.20. The van der Waals surface area contributed by atoms with E-state index in [1.54, 1.807) is 38.1 Å². The molecule has 2 N–H and O–H groups in total. The number of carbonyl (C=O) groups is 2. The van der Waals surface area contributed by atoms with Gasteiger partial charge in [0.1, 0.15) is 23.0 Å². The number of aryl methyl sites for hydroxylation is 2. The minimum Gasteiger partial charge on any atom is -0.507 e. The number of aromatic hydroxyl groups is 2. The molecule has 0 amide bonds. The third-order valence-electron chi connectivity index (χ3n) is 5.28. The number of benzene rings is 2. The van der Waals surface area contributed by atoms with Crippen LogP contribution in [-0.2, 0) is 9.47 Å². The van der Waals surface area contributed by atoms with E-state index in [0.717, 1.165) is 0 Å². The second kappa shape index (κ2) is 6.91. The molecular formula is C24H20O6. The lowest BCUT2D eigenvalue weighted by molar-refractivity contribution is 0.100. The Balaban J connectivity index is 2.02. The van der Waals surface area contributed by atoms with Gasteiger partial charge in [0.15, 0.2) is 11.6 Å². The molecule has 2 aromatic rings. The Morgan fingerprint density at radius 1 is 0.667 bits per heavy atom. The highest BCUT2D eigenvalue weighted by Crippen LogP contribution is 2.41. The van der Waals surface area contributed by atoms with E-state index in [2.05, 4.69) is 0 Å². The maximum absolute atomic E-state index is 13.3. The molecule has 30 heavy (non-hydrogen) atoms. The average molecular weight is 404 g/mol. The van der Waals surface area contributed by atoms with Gasteiger partial charge in [-0.2, -0.15) is 0 Å². The highest BCUT2D eigenvalue weighted by Gasteiger charge is 2.34. The van der Waals surface area contributed by atoms with Crippen molar-refractivity contribution in [3.8, 4) is 11.5 Å². The Labute approximate surface area is 173 Å². The number of phenols is 2. The normalized spacial score (nSPS) is 17.7. The number of carbonyl (C=O) groups excluding carboxylic acids is 2. The fraction of sp³-hybridized carbons (Fsp3) is 0.167. The van der Waals surface area contributed by atoms with E-state index in [1.165, 1.54) is 26.4 Å². The molecule has 0 atom stereocenters. The maximum Gasteiger partial charge on any atom is 0.194 e. The molecule has 0 bridgehead atoms. The van der Waals surface area contributed by atoms with Crippen LogP contribution in [0.4, 0.5) is 0 Å². The largest absolute Gasteiger partial charge is 0.507 e. The molecule has 0 saturated heterocycles. The average Bonchev–Trinajstić information content (AvgIpc) is 2.69. The smallest absolute Gasteiger partial charge is 0.194 e. The summed E-state index contributed by atoms with van der Waals surface area (Å²) in [5, 5.41) is 20.7. The van der Waals surface area contributed by atoms with Crippen molar-refractivity contribution < 1.29 is 29.3 Å². The molecule has 0 heterocycles. The third kappa shape index (κ3) is 2.80. The summed E-state index contributed by atoms with van der Waals surface area (Å²) in [6.07, 6.45) is 2.91. The first-order chi connectivity index (χ1) is 14.3. The summed E-state index contributed by atoms with van der Waals surface area (Å²) in [6, 6.07) is 6.41. The molecule has 6 nitrogen and oxygen atoms in total. The maximum atomic E-state index is 13.3. The molecule has 2 aliphatic rings. The fourth-order valence-electron chi connectivity index (χ4n) is 3.96. The summed E-state index contributed by atoms with van der Waals surface area (Å²) in [6.45, 7) is 3.53. The zero-order valence-electron chi connectivity index (χ0n) is 17.0. The number of ether oxygens (including phenoxy) is 2. The van der Waals surface area contributed by atoms with Crippen LogP contribution in [0.25, 0.3) is 11.5 Å². The van der Waals surface area contributed by atoms with Crippen LogP contribution in [-0.4, -0.2) is 36.0 Å². The quantitative estimate of drug-likeness (QED) is 0.733. The zero-order valence-corrected chi connectivity index (χ0v) is 17.0. The molecular weight excluding hydrogens is 384 g/mol. The van der Waals surface area contributed by atoms with Crippen molar-refractivity contribution >= 4 is 23.1 Å². The van der Waals surface area contributed by atoms with Crippen LogP contribution in [0.2, 0.25) is 0 Å². The molecule has 0 unspecified atom stereocenters. The molecule has 152 valence electrons. The summed E-state index contributed by atoms with van der Waals surface area (Å²) in [5.41, 5.74) is 2.78. The number of allylic oxidation sites excluding steroid dienone is 4. The van der Waals surface area contributed by atoms with Crippen molar-refractivity contribution in [2.45, 2.75) is 13.8 Å². The molecule has 0 saturated carbocycles. The van der Waals surface area contributed by atoms with Crippen molar-refractivity contribution in [1.82, 2.24) is 0 Å². The second-order valence-electron chi connectivity index (χ2n) is 7.32. The first-order valence-corrected chi connectivity index (χ1v) is 9.29. The predicted octanol–water partition coefficient (Wildman–Crippen LogP) is 4.08. The number of rotatable bonds is 2. The lowest BCUT2D eigenvalue weighted by atomic mass is 9.82. The monoisotopic (exact) mass is 404 g/mol. The molecule has 0 radical (unpaired) electrons. The van der Waals surface area contributed by atoms with E-state index in [4.69, 9.17) is 9.47 Å². The van der Waals surface area contributed by atoms with Crippen molar-refractivity contribution in [2.75, 3.05) is 14.2 Å². The van der Waals surface area contributed by atoms with Crippen molar-refractivity contribution in [2.24, 2.45) is 0 Å².